The van der Waals surface area contributed by atoms with Crippen LogP contribution in [0.15, 0.2) is 60.9 Å². The Kier molecular flexibility index (Phi) is 5.74. The first kappa shape index (κ1) is 18.7. The molecule has 2 aromatic carbocycles. The Hall–Kier alpha value is -2.63. The SMILES string of the molecule is COCCN1CCC(Cn2cnc(-c3ccccc3)c2-c2cccc(O)c2)C1. The third-order valence-electron chi connectivity index (χ3n) is 5.44. The summed E-state index contributed by atoms with van der Waals surface area (Å²) in [6, 6.07) is 17.7. The van der Waals surface area contributed by atoms with E-state index < -0.39 is 0 Å². The van der Waals surface area contributed by atoms with Crippen LogP contribution in [0.1, 0.15) is 6.42 Å². The number of methoxy groups -OCH3 is 1. The molecule has 4 rings (SSSR count). The Morgan fingerprint density at radius 2 is 1.93 bits per heavy atom. The van der Waals surface area contributed by atoms with Crippen molar-refractivity contribution >= 4 is 0 Å². The molecule has 1 aliphatic heterocycles. The van der Waals surface area contributed by atoms with E-state index >= 15 is 0 Å². The lowest BCUT2D eigenvalue weighted by Crippen LogP contribution is -2.25. The Labute approximate surface area is 166 Å². The minimum atomic E-state index is 0.274. The average molecular weight is 377 g/mol. The Balaban J connectivity index is 1.64. The fourth-order valence-corrected chi connectivity index (χ4v) is 4.05. The second kappa shape index (κ2) is 8.59. The first-order valence-electron chi connectivity index (χ1n) is 9.86. The molecule has 5 nitrogen and oxygen atoms in total. The summed E-state index contributed by atoms with van der Waals surface area (Å²) in [5, 5.41) is 10.0. The predicted molar refractivity (Wildman–Crippen MR) is 111 cm³/mol. The van der Waals surface area contributed by atoms with E-state index in [1.165, 1.54) is 6.42 Å². The molecule has 0 saturated carbocycles. The van der Waals surface area contributed by atoms with Crippen LogP contribution >= 0.6 is 0 Å². The van der Waals surface area contributed by atoms with Gasteiger partial charge >= 0.3 is 0 Å². The van der Waals surface area contributed by atoms with Crippen LogP contribution in [0.3, 0.4) is 0 Å². The molecule has 0 bridgehead atoms. The van der Waals surface area contributed by atoms with Gasteiger partial charge in [0.05, 0.1) is 24.3 Å². The number of likely N-dealkylation sites (tertiary alicyclic amines) is 1. The molecule has 1 N–H and O–H groups in total. The second-order valence-electron chi connectivity index (χ2n) is 7.46. The van der Waals surface area contributed by atoms with Gasteiger partial charge in [-0.25, -0.2) is 4.98 Å². The fraction of sp³-hybridized carbons (Fsp3) is 0.348. The van der Waals surface area contributed by atoms with E-state index in [0.717, 1.165) is 55.3 Å². The number of nitrogens with zero attached hydrogens (tertiary/aromatic N) is 3. The average Bonchev–Trinajstić information content (AvgIpc) is 3.34. The summed E-state index contributed by atoms with van der Waals surface area (Å²) < 4.78 is 7.47. The summed E-state index contributed by atoms with van der Waals surface area (Å²) in [5.74, 6) is 0.863. The molecule has 28 heavy (non-hydrogen) atoms. The van der Waals surface area contributed by atoms with E-state index in [0.29, 0.717) is 5.92 Å². The molecule has 0 amide bonds. The van der Waals surface area contributed by atoms with Crippen LogP contribution in [0.2, 0.25) is 0 Å². The van der Waals surface area contributed by atoms with Gasteiger partial charge in [0.2, 0.25) is 0 Å². The highest BCUT2D eigenvalue weighted by Gasteiger charge is 2.24. The van der Waals surface area contributed by atoms with Crippen LogP contribution in [-0.2, 0) is 11.3 Å². The van der Waals surface area contributed by atoms with Gasteiger partial charge in [0.25, 0.3) is 0 Å². The number of imidazole rings is 1. The van der Waals surface area contributed by atoms with Crippen LogP contribution in [0.25, 0.3) is 22.5 Å². The number of hydrogen-bond acceptors (Lipinski definition) is 4. The molecular weight excluding hydrogens is 350 g/mol. The van der Waals surface area contributed by atoms with E-state index in [4.69, 9.17) is 9.72 Å². The summed E-state index contributed by atoms with van der Waals surface area (Å²) in [5.41, 5.74) is 4.11. The van der Waals surface area contributed by atoms with Gasteiger partial charge in [-0.15, -0.1) is 0 Å². The number of benzene rings is 2. The van der Waals surface area contributed by atoms with Crippen LogP contribution in [0, 0.1) is 5.92 Å². The van der Waals surface area contributed by atoms with Crippen molar-refractivity contribution in [3.05, 3.63) is 60.9 Å². The van der Waals surface area contributed by atoms with Crippen LogP contribution in [-0.4, -0.2) is 52.9 Å². The van der Waals surface area contributed by atoms with Gasteiger partial charge in [-0.2, -0.15) is 0 Å². The molecule has 1 saturated heterocycles. The van der Waals surface area contributed by atoms with E-state index in [1.807, 2.05) is 42.7 Å². The number of aromatic nitrogens is 2. The summed E-state index contributed by atoms with van der Waals surface area (Å²) in [4.78, 5) is 7.22. The quantitative estimate of drug-likeness (QED) is 0.679. The molecule has 0 aliphatic carbocycles. The Morgan fingerprint density at radius 3 is 2.71 bits per heavy atom. The predicted octanol–water partition coefficient (Wildman–Crippen LogP) is 3.89. The summed E-state index contributed by atoms with van der Waals surface area (Å²) in [7, 11) is 1.76. The highest BCUT2D eigenvalue weighted by molar-refractivity contribution is 5.79. The summed E-state index contributed by atoms with van der Waals surface area (Å²) in [6.07, 6.45) is 3.13. The van der Waals surface area contributed by atoms with Crippen molar-refractivity contribution in [2.45, 2.75) is 13.0 Å². The molecule has 0 radical (unpaired) electrons. The van der Waals surface area contributed by atoms with Crippen molar-refractivity contribution in [2.24, 2.45) is 5.92 Å². The van der Waals surface area contributed by atoms with Crippen molar-refractivity contribution in [1.82, 2.24) is 14.5 Å². The van der Waals surface area contributed by atoms with Gasteiger partial charge in [-0.1, -0.05) is 42.5 Å². The van der Waals surface area contributed by atoms with Gasteiger partial charge in [0, 0.05) is 37.9 Å². The number of aromatic hydroxyl groups is 1. The molecule has 1 aromatic heterocycles. The third kappa shape index (κ3) is 4.11. The maximum absolute atomic E-state index is 10.0. The van der Waals surface area contributed by atoms with Gasteiger partial charge < -0.3 is 19.3 Å². The maximum atomic E-state index is 10.0. The van der Waals surface area contributed by atoms with Crippen molar-refractivity contribution in [3.63, 3.8) is 0 Å². The number of ether oxygens (including phenoxy) is 1. The minimum Gasteiger partial charge on any atom is -0.508 e. The molecule has 0 spiro atoms. The highest BCUT2D eigenvalue weighted by Crippen LogP contribution is 2.33. The number of phenols is 1. The van der Waals surface area contributed by atoms with Gasteiger partial charge in [-0.05, 0) is 31.0 Å². The molecule has 1 fully saturated rings. The normalized spacial score (nSPS) is 17.2. The van der Waals surface area contributed by atoms with Crippen molar-refractivity contribution in [2.75, 3.05) is 33.4 Å². The smallest absolute Gasteiger partial charge is 0.116 e. The molecular formula is C23H27N3O2. The van der Waals surface area contributed by atoms with Crippen LogP contribution in [0.5, 0.6) is 5.75 Å². The van der Waals surface area contributed by atoms with Gasteiger partial charge in [0.15, 0.2) is 0 Å². The zero-order valence-corrected chi connectivity index (χ0v) is 16.3. The number of hydrogen-bond donors (Lipinski definition) is 1. The lowest BCUT2D eigenvalue weighted by molar-refractivity contribution is 0.158. The lowest BCUT2D eigenvalue weighted by Gasteiger charge is -2.17. The zero-order valence-electron chi connectivity index (χ0n) is 16.3. The topological polar surface area (TPSA) is 50.5 Å². The van der Waals surface area contributed by atoms with Crippen molar-refractivity contribution in [3.8, 4) is 28.3 Å². The van der Waals surface area contributed by atoms with Crippen LogP contribution in [0.4, 0.5) is 0 Å². The number of rotatable bonds is 7. The standard InChI is InChI=1S/C23H27N3O2/c1-28-13-12-25-11-10-18(15-25)16-26-17-24-22(19-6-3-2-4-7-19)23(26)20-8-5-9-21(27)14-20/h2-9,14,17-18,27H,10-13,15-16H2,1H3. The molecule has 2 heterocycles. The maximum Gasteiger partial charge on any atom is 0.116 e. The molecule has 1 aliphatic rings. The van der Waals surface area contributed by atoms with Gasteiger partial charge in [0.1, 0.15) is 5.75 Å². The first-order chi connectivity index (χ1) is 13.7. The zero-order chi connectivity index (χ0) is 19.3. The third-order valence-corrected chi connectivity index (χ3v) is 5.44. The Bertz CT molecular complexity index is 907. The van der Waals surface area contributed by atoms with Crippen LogP contribution < -0.4 is 0 Å². The lowest BCUT2D eigenvalue weighted by atomic mass is 10.0. The number of phenolic OH excluding ortho intramolecular Hbond substituents is 1. The first-order valence-corrected chi connectivity index (χ1v) is 9.86. The molecule has 3 aromatic rings. The molecule has 1 atom stereocenters. The van der Waals surface area contributed by atoms with E-state index in [-0.39, 0.29) is 5.75 Å². The van der Waals surface area contributed by atoms with Crippen molar-refractivity contribution < 1.29 is 9.84 Å². The van der Waals surface area contributed by atoms with Gasteiger partial charge in [-0.3, -0.25) is 0 Å². The Morgan fingerprint density at radius 1 is 1.11 bits per heavy atom. The van der Waals surface area contributed by atoms with E-state index in [2.05, 4.69) is 21.6 Å². The molecule has 5 heteroatoms. The van der Waals surface area contributed by atoms with E-state index in [9.17, 15) is 5.11 Å². The fourth-order valence-electron chi connectivity index (χ4n) is 4.05. The summed E-state index contributed by atoms with van der Waals surface area (Å²) in [6.45, 7) is 4.90. The van der Waals surface area contributed by atoms with Crippen molar-refractivity contribution in [1.29, 1.82) is 0 Å². The largest absolute Gasteiger partial charge is 0.508 e. The monoisotopic (exact) mass is 377 g/mol. The van der Waals surface area contributed by atoms with E-state index in [1.54, 1.807) is 13.2 Å². The molecule has 1 unspecified atom stereocenters. The highest BCUT2D eigenvalue weighted by atomic mass is 16.5. The second-order valence-corrected chi connectivity index (χ2v) is 7.46. The molecule has 146 valence electrons. The summed E-state index contributed by atoms with van der Waals surface area (Å²) >= 11 is 0. The minimum absolute atomic E-state index is 0.274.